The minimum absolute atomic E-state index is 0.00781. The van der Waals surface area contributed by atoms with Gasteiger partial charge in [0.15, 0.2) is 11.6 Å². The minimum Gasteiger partial charge on any atom is -0.485 e. The van der Waals surface area contributed by atoms with Crippen molar-refractivity contribution in [2.24, 2.45) is 0 Å². The molecule has 1 nitrogen and oxygen atoms in total. The van der Waals surface area contributed by atoms with Gasteiger partial charge in [0, 0.05) is 0 Å². The fourth-order valence-electron chi connectivity index (χ4n) is 1.37. The predicted octanol–water partition coefficient (Wildman–Crippen LogP) is 4.31. The van der Waals surface area contributed by atoms with E-state index in [4.69, 9.17) is 4.74 Å². The summed E-state index contributed by atoms with van der Waals surface area (Å²) in [6.45, 7) is 0.194. The summed E-state index contributed by atoms with van der Waals surface area (Å²) >= 11 is 2.96. The minimum atomic E-state index is -0.589. The third kappa shape index (κ3) is 2.82. The van der Waals surface area contributed by atoms with E-state index in [1.165, 1.54) is 0 Å². The van der Waals surface area contributed by atoms with Crippen LogP contribution >= 0.6 is 15.9 Å². The quantitative estimate of drug-likeness (QED) is 0.768. The normalized spacial score (nSPS) is 10.3. The number of hydrogen-bond acceptors (Lipinski definition) is 1. The second kappa shape index (κ2) is 5.27. The zero-order valence-electron chi connectivity index (χ0n) is 8.79. The molecule has 2 aromatic rings. The molecule has 0 radical (unpaired) electrons. The topological polar surface area (TPSA) is 9.23 Å². The molecule has 0 aromatic heterocycles. The highest BCUT2D eigenvalue weighted by Gasteiger charge is 2.12. The number of halogens is 3. The van der Waals surface area contributed by atoms with Crippen molar-refractivity contribution in [1.82, 2.24) is 0 Å². The first-order chi connectivity index (χ1) is 8.18. The number of ether oxygens (including phenoxy) is 1. The molecule has 2 aromatic carbocycles. The highest BCUT2D eigenvalue weighted by Crippen LogP contribution is 2.31. The molecule has 0 aliphatic rings. The maximum absolute atomic E-state index is 13.4. The van der Waals surface area contributed by atoms with E-state index in [1.54, 1.807) is 0 Å². The van der Waals surface area contributed by atoms with E-state index in [-0.39, 0.29) is 16.8 Å². The molecule has 4 heteroatoms. The SMILES string of the molecule is Fc1ccc(F)c(OCc2ccccc2)c1Br. The summed E-state index contributed by atoms with van der Waals surface area (Å²) in [5.41, 5.74) is 0.892. The van der Waals surface area contributed by atoms with Crippen LogP contribution in [0.5, 0.6) is 5.75 Å². The van der Waals surface area contributed by atoms with Crippen LogP contribution in [0.4, 0.5) is 8.78 Å². The van der Waals surface area contributed by atoms with E-state index in [0.29, 0.717) is 0 Å². The van der Waals surface area contributed by atoms with E-state index in [2.05, 4.69) is 15.9 Å². The first-order valence-corrected chi connectivity index (χ1v) is 5.78. The second-order valence-corrected chi connectivity index (χ2v) is 4.24. The maximum atomic E-state index is 13.4. The molecular weight excluding hydrogens is 290 g/mol. The van der Waals surface area contributed by atoms with Gasteiger partial charge in [-0.2, -0.15) is 0 Å². The summed E-state index contributed by atoms with van der Waals surface area (Å²) in [5, 5.41) is 0. The molecule has 0 aliphatic carbocycles. The smallest absolute Gasteiger partial charge is 0.172 e. The largest absolute Gasteiger partial charge is 0.485 e. The number of hydrogen-bond donors (Lipinski definition) is 0. The molecule has 2 rings (SSSR count). The van der Waals surface area contributed by atoms with Crippen LogP contribution in [0.2, 0.25) is 0 Å². The molecule has 0 saturated carbocycles. The predicted molar refractivity (Wildman–Crippen MR) is 64.8 cm³/mol. The van der Waals surface area contributed by atoms with Gasteiger partial charge >= 0.3 is 0 Å². The lowest BCUT2D eigenvalue weighted by molar-refractivity contribution is 0.286. The summed E-state index contributed by atoms with van der Waals surface area (Å²) in [6, 6.07) is 11.4. The van der Waals surface area contributed by atoms with E-state index in [9.17, 15) is 8.78 Å². The van der Waals surface area contributed by atoms with Gasteiger partial charge in [0.05, 0.1) is 4.47 Å². The summed E-state index contributed by atoms with van der Waals surface area (Å²) in [7, 11) is 0. The average molecular weight is 299 g/mol. The number of rotatable bonds is 3. The van der Waals surface area contributed by atoms with Crippen molar-refractivity contribution in [1.29, 1.82) is 0 Å². The van der Waals surface area contributed by atoms with Crippen molar-refractivity contribution in [2.45, 2.75) is 6.61 Å². The first kappa shape index (κ1) is 12.0. The van der Waals surface area contributed by atoms with Crippen LogP contribution in [0.3, 0.4) is 0 Å². The average Bonchev–Trinajstić information content (AvgIpc) is 2.35. The van der Waals surface area contributed by atoms with Gasteiger partial charge < -0.3 is 4.74 Å². The summed E-state index contributed by atoms with van der Waals surface area (Å²) in [4.78, 5) is 0. The van der Waals surface area contributed by atoms with Crippen LogP contribution in [0.1, 0.15) is 5.56 Å². The van der Waals surface area contributed by atoms with Gasteiger partial charge in [-0.1, -0.05) is 30.3 Å². The van der Waals surface area contributed by atoms with E-state index >= 15 is 0 Å². The fourth-order valence-corrected chi connectivity index (χ4v) is 1.81. The van der Waals surface area contributed by atoms with Crippen LogP contribution in [-0.4, -0.2) is 0 Å². The highest BCUT2D eigenvalue weighted by atomic mass is 79.9. The van der Waals surface area contributed by atoms with E-state index < -0.39 is 11.6 Å². The Kier molecular flexibility index (Phi) is 3.74. The van der Waals surface area contributed by atoms with E-state index in [1.807, 2.05) is 30.3 Å². The van der Waals surface area contributed by atoms with Crippen molar-refractivity contribution in [3.8, 4) is 5.75 Å². The van der Waals surface area contributed by atoms with Gasteiger partial charge in [-0.05, 0) is 33.6 Å². The zero-order chi connectivity index (χ0) is 12.3. The van der Waals surface area contributed by atoms with Crippen LogP contribution in [0, 0.1) is 11.6 Å². The molecule has 88 valence electrons. The van der Waals surface area contributed by atoms with Crippen LogP contribution in [0.25, 0.3) is 0 Å². The molecule has 0 spiro atoms. The van der Waals surface area contributed by atoms with Crippen molar-refractivity contribution in [2.75, 3.05) is 0 Å². The molecule has 0 saturated heterocycles. The van der Waals surface area contributed by atoms with Crippen LogP contribution < -0.4 is 4.74 Å². The fraction of sp³-hybridized carbons (Fsp3) is 0.0769. The Balaban J connectivity index is 2.17. The zero-order valence-corrected chi connectivity index (χ0v) is 10.4. The molecule has 0 bridgehead atoms. The van der Waals surface area contributed by atoms with Crippen molar-refractivity contribution >= 4 is 15.9 Å². The Morgan fingerprint density at radius 1 is 0.941 bits per heavy atom. The van der Waals surface area contributed by atoms with Gasteiger partial charge in [-0.3, -0.25) is 0 Å². The van der Waals surface area contributed by atoms with Crippen molar-refractivity contribution < 1.29 is 13.5 Å². The molecule has 17 heavy (non-hydrogen) atoms. The van der Waals surface area contributed by atoms with Gasteiger partial charge in [0.2, 0.25) is 0 Å². The molecule has 0 unspecified atom stereocenters. The van der Waals surface area contributed by atoms with Gasteiger partial charge in [0.1, 0.15) is 12.4 Å². The summed E-state index contributed by atoms with van der Waals surface area (Å²) < 4.78 is 31.9. The summed E-state index contributed by atoms with van der Waals surface area (Å²) in [5.74, 6) is -1.24. The van der Waals surface area contributed by atoms with Crippen LogP contribution in [-0.2, 0) is 6.61 Å². The molecule has 0 aliphatic heterocycles. The Morgan fingerprint density at radius 2 is 1.59 bits per heavy atom. The maximum Gasteiger partial charge on any atom is 0.172 e. The monoisotopic (exact) mass is 298 g/mol. The molecule has 0 amide bonds. The van der Waals surface area contributed by atoms with Crippen molar-refractivity contribution in [3.63, 3.8) is 0 Å². The lowest BCUT2D eigenvalue weighted by Gasteiger charge is -2.09. The van der Waals surface area contributed by atoms with Gasteiger partial charge in [-0.25, -0.2) is 8.78 Å². The molecule has 0 atom stereocenters. The molecule has 0 N–H and O–H groups in total. The Morgan fingerprint density at radius 3 is 2.29 bits per heavy atom. The van der Waals surface area contributed by atoms with Gasteiger partial charge in [0.25, 0.3) is 0 Å². The van der Waals surface area contributed by atoms with Gasteiger partial charge in [-0.15, -0.1) is 0 Å². The molecule has 0 heterocycles. The molecule has 0 fully saturated rings. The lowest BCUT2D eigenvalue weighted by Crippen LogP contribution is -1.99. The lowest BCUT2D eigenvalue weighted by atomic mass is 10.2. The number of benzene rings is 2. The molecular formula is C13H9BrF2O. The van der Waals surface area contributed by atoms with Crippen molar-refractivity contribution in [3.05, 3.63) is 64.1 Å². The Hall–Kier alpha value is -1.42. The second-order valence-electron chi connectivity index (χ2n) is 3.45. The first-order valence-electron chi connectivity index (χ1n) is 4.98. The highest BCUT2D eigenvalue weighted by molar-refractivity contribution is 9.10. The van der Waals surface area contributed by atoms with Crippen LogP contribution in [0.15, 0.2) is 46.9 Å². The summed E-state index contributed by atoms with van der Waals surface area (Å²) in [6.07, 6.45) is 0. The third-order valence-corrected chi connectivity index (χ3v) is 2.97. The standard InChI is InChI=1S/C13H9BrF2O/c14-12-10(15)6-7-11(16)13(12)17-8-9-4-2-1-3-5-9/h1-7H,8H2. The Bertz CT molecular complexity index is 514. The Labute approximate surface area is 106 Å². The third-order valence-electron chi connectivity index (χ3n) is 2.23. The van der Waals surface area contributed by atoms with E-state index in [0.717, 1.165) is 17.7 Å².